The minimum atomic E-state index is -0.428. The van der Waals surface area contributed by atoms with Gasteiger partial charge in [-0.05, 0) is 64.4 Å². The van der Waals surface area contributed by atoms with Crippen LogP contribution < -0.4 is 11.1 Å². The van der Waals surface area contributed by atoms with Gasteiger partial charge < -0.3 is 15.8 Å². The predicted molar refractivity (Wildman–Crippen MR) is 121 cm³/mol. The minimum absolute atomic E-state index is 0.0353. The molecule has 6 nitrogen and oxygen atoms in total. The monoisotopic (exact) mass is 407 g/mol. The van der Waals surface area contributed by atoms with E-state index in [9.17, 15) is 9.59 Å². The van der Waals surface area contributed by atoms with Gasteiger partial charge in [0.2, 0.25) is 5.91 Å². The molecule has 0 spiro atoms. The zero-order chi connectivity index (χ0) is 22.4. The molecule has 2 heterocycles. The number of hydrogen-bond donors (Lipinski definition) is 2. The highest BCUT2D eigenvalue weighted by Gasteiger charge is 2.37. The van der Waals surface area contributed by atoms with E-state index in [0.29, 0.717) is 12.2 Å². The molecule has 0 saturated heterocycles. The number of pyridine rings is 1. The van der Waals surface area contributed by atoms with Crippen LogP contribution in [-0.2, 0) is 19.7 Å². The zero-order valence-corrected chi connectivity index (χ0v) is 18.1. The van der Waals surface area contributed by atoms with Gasteiger partial charge in [-0.15, -0.1) is 0 Å². The average Bonchev–Trinajstić information content (AvgIpc) is 2.90. The lowest BCUT2D eigenvalue weighted by atomic mass is 9.86. The summed E-state index contributed by atoms with van der Waals surface area (Å²) in [5.41, 5.74) is 8.47. The molecule has 0 saturated carbocycles. The molecule has 1 aromatic heterocycles. The summed E-state index contributed by atoms with van der Waals surface area (Å²) < 4.78 is 4.55. The van der Waals surface area contributed by atoms with Crippen molar-refractivity contribution >= 4 is 34.7 Å². The Balaban J connectivity index is 0.000000169. The summed E-state index contributed by atoms with van der Waals surface area (Å²) in [7, 11) is 0. The maximum Gasteiger partial charge on any atom is 0.293 e. The fourth-order valence-electron chi connectivity index (χ4n) is 2.77. The lowest BCUT2D eigenvalue weighted by Gasteiger charge is -2.14. The van der Waals surface area contributed by atoms with Crippen LogP contribution in [0.25, 0.3) is 10.9 Å². The predicted octanol–water partition coefficient (Wildman–Crippen LogP) is 4.69. The second kappa shape index (κ2) is 9.39. The number of amides is 1. The Bertz CT molecular complexity index is 958. The minimum Gasteiger partial charge on any atom is -0.462 e. The molecule has 3 N–H and O–H groups in total. The van der Waals surface area contributed by atoms with Gasteiger partial charge in [0.25, 0.3) is 6.47 Å². The summed E-state index contributed by atoms with van der Waals surface area (Å²) in [6.07, 6.45) is 1.81. The van der Waals surface area contributed by atoms with Gasteiger partial charge in [0, 0.05) is 23.0 Å². The van der Waals surface area contributed by atoms with E-state index in [1.807, 2.05) is 77.2 Å². The van der Waals surface area contributed by atoms with Crippen molar-refractivity contribution in [2.45, 2.75) is 45.6 Å². The first-order valence-electron chi connectivity index (χ1n) is 9.67. The van der Waals surface area contributed by atoms with Gasteiger partial charge in [-0.1, -0.05) is 30.3 Å². The molecule has 1 aliphatic rings. The van der Waals surface area contributed by atoms with E-state index in [0.717, 1.165) is 16.8 Å². The SMILES string of the molecule is CC(C)(C)OC=O.CC1(C)C(=O)Nc2cc(N)ccc21.c1ccc2ncccc2c1. The number of nitrogens with one attached hydrogen (secondary N) is 1. The van der Waals surface area contributed by atoms with Gasteiger partial charge >= 0.3 is 0 Å². The number of para-hydroxylation sites is 1. The molecule has 4 rings (SSSR count). The van der Waals surface area contributed by atoms with Crippen LogP contribution in [0.5, 0.6) is 0 Å². The van der Waals surface area contributed by atoms with Gasteiger partial charge in [0.15, 0.2) is 0 Å². The summed E-state index contributed by atoms with van der Waals surface area (Å²) in [6, 6.07) is 17.6. The van der Waals surface area contributed by atoms with Gasteiger partial charge in [-0.3, -0.25) is 14.6 Å². The molecule has 3 aromatic rings. The number of carbonyl (C=O) groups excluding carboxylic acids is 2. The summed E-state index contributed by atoms with van der Waals surface area (Å²) >= 11 is 0. The molecular formula is C24H29N3O3. The Morgan fingerprint density at radius 1 is 1.07 bits per heavy atom. The van der Waals surface area contributed by atoms with Crippen molar-refractivity contribution in [3.05, 3.63) is 66.4 Å². The third-order valence-electron chi connectivity index (χ3n) is 4.45. The molecule has 0 fully saturated rings. The summed E-state index contributed by atoms with van der Waals surface area (Å²) in [6.45, 7) is 9.74. The highest BCUT2D eigenvalue weighted by molar-refractivity contribution is 6.06. The fourth-order valence-corrected chi connectivity index (χ4v) is 2.77. The number of fused-ring (bicyclic) bond motifs is 2. The number of hydrogen-bond acceptors (Lipinski definition) is 5. The van der Waals surface area contributed by atoms with Gasteiger partial charge in [-0.2, -0.15) is 0 Å². The van der Waals surface area contributed by atoms with E-state index in [-0.39, 0.29) is 11.5 Å². The largest absolute Gasteiger partial charge is 0.462 e. The second-order valence-electron chi connectivity index (χ2n) is 8.41. The molecule has 6 heteroatoms. The van der Waals surface area contributed by atoms with Crippen LogP contribution >= 0.6 is 0 Å². The lowest BCUT2D eigenvalue weighted by Crippen LogP contribution is -2.26. The fraction of sp³-hybridized carbons (Fsp3) is 0.292. The first kappa shape index (κ1) is 22.9. The quantitative estimate of drug-likeness (QED) is 0.451. The van der Waals surface area contributed by atoms with E-state index in [1.54, 1.807) is 6.07 Å². The molecule has 0 aliphatic carbocycles. The molecule has 0 bridgehead atoms. The van der Waals surface area contributed by atoms with Crippen LogP contribution in [0.1, 0.15) is 40.2 Å². The van der Waals surface area contributed by atoms with E-state index >= 15 is 0 Å². The highest BCUT2D eigenvalue weighted by Crippen LogP contribution is 2.37. The highest BCUT2D eigenvalue weighted by atomic mass is 16.5. The van der Waals surface area contributed by atoms with Crippen LogP contribution in [0, 0.1) is 0 Å². The smallest absolute Gasteiger partial charge is 0.293 e. The number of benzene rings is 2. The normalized spacial score (nSPS) is 13.7. The standard InChI is InChI=1S/C10H12N2O.C9H7N.C5H10O2/c1-10(2)7-4-3-6(11)5-8(7)12-9(10)13;1-2-6-9-8(4-1)5-3-7-10-9;1-5(2,3)7-4-6/h3-5H,11H2,1-2H3,(H,12,13);1-7H;4H,1-3H3. The number of nitrogens with two attached hydrogens (primary N) is 1. The Morgan fingerprint density at radius 2 is 1.73 bits per heavy atom. The van der Waals surface area contributed by atoms with Crippen LogP contribution in [0.15, 0.2) is 60.8 Å². The first-order valence-corrected chi connectivity index (χ1v) is 9.67. The number of nitrogens with zero attached hydrogens (tertiary/aromatic N) is 1. The van der Waals surface area contributed by atoms with Crippen molar-refractivity contribution in [2.75, 3.05) is 11.1 Å². The van der Waals surface area contributed by atoms with Crippen molar-refractivity contribution < 1.29 is 14.3 Å². The number of aromatic nitrogens is 1. The number of anilines is 2. The molecule has 30 heavy (non-hydrogen) atoms. The van der Waals surface area contributed by atoms with Crippen molar-refractivity contribution in [2.24, 2.45) is 0 Å². The molecule has 158 valence electrons. The third-order valence-corrected chi connectivity index (χ3v) is 4.45. The van der Waals surface area contributed by atoms with Gasteiger partial charge in [0.05, 0.1) is 10.9 Å². The molecule has 0 atom stereocenters. The Hall–Kier alpha value is -3.41. The molecule has 1 aliphatic heterocycles. The topological polar surface area (TPSA) is 94.3 Å². The number of rotatable bonds is 1. The van der Waals surface area contributed by atoms with Crippen LogP contribution in [-0.4, -0.2) is 23.0 Å². The van der Waals surface area contributed by atoms with Crippen LogP contribution in [0.4, 0.5) is 11.4 Å². The van der Waals surface area contributed by atoms with Crippen molar-refractivity contribution in [1.29, 1.82) is 0 Å². The molecule has 0 radical (unpaired) electrons. The molecule has 0 unspecified atom stereocenters. The maximum absolute atomic E-state index is 11.5. The van der Waals surface area contributed by atoms with Crippen molar-refractivity contribution in [1.82, 2.24) is 4.98 Å². The van der Waals surface area contributed by atoms with Crippen LogP contribution in [0.3, 0.4) is 0 Å². The van der Waals surface area contributed by atoms with Crippen molar-refractivity contribution in [3.8, 4) is 0 Å². The number of ether oxygens (including phenoxy) is 1. The summed E-state index contributed by atoms with van der Waals surface area (Å²) in [5.74, 6) is 0.0353. The van der Waals surface area contributed by atoms with Gasteiger partial charge in [-0.25, -0.2) is 0 Å². The lowest BCUT2D eigenvalue weighted by molar-refractivity contribution is -0.138. The Labute approximate surface area is 177 Å². The number of carbonyl (C=O) groups is 2. The Morgan fingerprint density at radius 3 is 2.33 bits per heavy atom. The average molecular weight is 408 g/mol. The van der Waals surface area contributed by atoms with E-state index in [4.69, 9.17) is 5.73 Å². The summed E-state index contributed by atoms with van der Waals surface area (Å²) in [4.78, 5) is 25.3. The second-order valence-corrected chi connectivity index (χ2v) is 8.41. The van der Waals surface area contributed by atoms with Crippen molar-refractivity contribution in [3.63, 3.8) is 0 Å². The first-order chi connectivity index (χ1) is 14.0. The molecule has 1 amide bonds. The summed E-state index contributed by atoms with van der Waals surface area (Å²) in [5, 5.41) is 4.01. The van der Waals surface area contributed by atoms with E-state index < -0.39 is 5.41 Å². The molecule has 2 aromatic carbocycles. The number of nitrogen functional groups attached to an aromatic ring is 1. The third kappa shape index (κ3) is 6.04. The zero-order valence-electron chi connectivity index (χ0n) is 18.1. The van der Waals surface area contributed by atoms with E-state index in [1.165, 1.54) is 5.39 Å². The van der Waals surface area contributed by atoms with Gasteiger partial charge in [0.1, 0.15) is 5.60 Å². The molecular weight excluding hydrogens is 378 g/mol. The maximum atomic E-state index is 11.5. The van der Waals surface area contributed by atoms with E-state index in [2.05, 4.69) is 27.2 Å². The Kier molecular flexibility index (Phi) is 7.16. The van der Waals surface area contributed by atoms with Crippen LogP contribution in [0.2, 0.25) is 0 Å².